The second-order valence-electron chi connectivity index (χ2n) is 4.82. The lowest BCUT2D eigenvalue weighted by Gasteiger charge is -2.15. The molecule has 1 N–H and O–H groups in total. The molecule has 6 heteroatoms. The molecule has 1 amide bonds. The molecule has 0 atom stereocenters. The van der Waals surface area contributed by atoms with Crippen LogP contribution >= 0.6 is 0 Å². The van der Waals surface area contributed by atoms with Crippen LogP contribution in [0.3, 0.4) is 0 Å². The number of amides is 1. The van der Waals surface area contributed by atoms with Crippen LogP contribution in [0.5, 0.6) is 17.2 Å². The number of ether oxygens (including phenoxy) is 3. The van der Waals surface area contributed by atoms with Gasteiger partial charge in [0.2, 0.25) is 5.75 Å². The summed E-state index contributed by atoms with van der Waals surface area (Å²) in [5.41, 5.74) is 1.03. The van der Waals surface area contributed by atoms with Crippen LogP contribution in [0.2, 0.25) is 0 Å². The lowest BCUT2D eigenvalue weighted by Crippen LogP contribution is -2.21. The Bertz CT molecular complexity index is 678. The van der Waals surface area contributed by atoms with Crippen molar-refractivity contribution in [1.82, 2.24) is 0 Å². The van der Waals surface area contributed by atoms with E-state index < -0.39 is 11.7 Å². The molecule has 0 aliphatic carbocycles. The number of rotatable bonds is 6. The van der Waals surface area contributed by atoms with E-state index >= 15 is 0 Å². The van der Waals surface area contributed by atoms with Crippen LogP contribution in [0.15, 0.2) is 36.4 Å². The third-order valence-corrected chi connectivity index (χ3v) is 3.10. The van der Waals surface area contributed by atoms with Crippen LogP contribution in [0.1, 0.15) is 5.56 Å². The molecule has 0 radical (unpaired) electrons. The van der Waals surface area contributed by atoms with Crippen molar-refractivity contribution in [1.29, 1.82) is 0 Å². The summed E-state index contributed by atoms with van der Waals surface area (Å²) in [5, 5.41) is 2.45. The van der Waals surface area contributed by atoms with Gasteiger partial charge >= 0.3 is 0 Å². The molecule has 0 saturated carbocycles. The second kappa shape index (κ2) is 7.49. The molecule has 0 saturated heterocycles. The first-order chi connectivity index (χ1) is 11.0. The Kier molecular flexibility index (Phi) is 5.41. The lowest BCUT2D eigenvalue weighted by atomic mass is 10.2. The fraction of sp³-hybridized carbons (Fsp3) is 0.235. The molecule has 2 aromatic carbocycles. The van der Waals surface area contributed by atoms with Crippen molar-refractivity contribution < 1.29 is 23.4 Å². The minimum atomic E-state index is -0.508. The van der Waals surface area contributed by atoms with Gasteiger partial charge in [-0.25, -0.2) is 4.39 Å². The monoisotopic (exact) mass is 319 g/mol. The first-order valence-corrected chi connectivity index (χ1v) is 6.95. The molecule has 0 heterocycles. The predicted octanol–water partition coefficient (Wildman–Crippen LogP) is 3.17. The van der Waals surface area contributed by atoms with Crippen LogP contribution < -0.4 is 19.5 Å². The highest BCUT2D eigenvalue weighted by Gasteiger charge is 2.15. The lowest BCUT2D eigenvalue weighted by molar-refractivity contribution is -0.118. The van der Waals surface area contributed by atoms with Crippen molar-refractivity contribution in [2.75, 3.05) is 26.1 Å². The van der Waals surface area contributed by atoms with Gasteiger partial charge in [-0.3, -0.25) is 4.79 Å². The van der Waals surface area contributed by atoms with Gasteiger partial charge in [0.25, 0.3) is 5.91 Å². The van der Waals surface area contributed by atoms with Crippen LogP contribution in [-0.2, 0) is 4.79 Å². The molecule has 0 spiro atoms. The van der Waals surface area contributed by atoms with Gasteiger partial charge in [0.15, 0.2) is 18.1 Å². The van der Waals surface area contributed by atoms with E-state index in [-0.39, 0.29) is 12.3 Å². The quantitative estimate of drug-likeness (QED) is 0.888. The fourth-order valence-electron chi connectivity index (χ4n) is 2.04. The third kappa shape index (κ3) is 4.12. The average Bonchev–Trinajstić information content (AvgIpc) is 2.54. The summed E-state index contributed by atoms with van der Waals surface area (Å²) in [6.45, 7) is 1.59. The van der Waals surface area contributed by atoms with E-state index in [0.717, 1.165) is 5.56 Å². The van der Waals surface area contributed by atoms with E-state index in [1.165, 1.54) is 26.4 Å². The number of benzene rings is 2. The number of aryl methyl sites for hydroxylation is 1. The molecular formula is C17H18FNO4. The molecule has 5 nitrogen and oxygen atoms in total. The Balaban J connectivity index is 2.08. The smallest absolute Gasteiger partial charge is 0.262 e. The number of methoxy groups -OCH3 is 2. The summed E-state index contributed by atoms with van der Waals surface area (Å²) in [6, 6.07) is 9.46. The number of nitrogens with one attached hydrogen (secondary N) is 1. The van der Waals surface area contributed by atoms with E-state index in [1.54, 1.807) is 24.3 Å². The number of para-hydroxylation sites is 1. The molecular weight excluding hydrogens is 301 g/mol. The predicted molar refractivity (Wildman–Crippen MR) is 84.8 cm³/mol. The zero-order valence-corrected chi connectivity index (χ0v) is 13.2. The molecule has 0 aliphatic rings. The molecule has 0 unspecified atom stereocenters. The fourth-order valence-corrected chi connectivity index (χ4v) is 2.04. The summed E-state index contributed by atoms with van der Waals surface area (Å²) < 4.78 is 29.5. The molecule has 0 aromatic heterocycles. The Labute approximate surface area is 134 Å². The minimum Gasteiger partial charge on any atom is -0.493 e. The summed E-state index contributed by atoms with van der Waals surface area (Å²) in [4.78, 5) is 11.9. The first-order valence-electron chi connectivity index (χ1n) is 6.95. The van der Waals surface area contributed by atoms with Gasteiger partial charge in [-0.2, -0.15) is 0 Å². The first kappa shape index (κ1) is 16.6. The van der Waals surface area contributed by atoms with Gasteiger partial charge < -0.3 is 19.5 Å². The largest absolute Gasteiger partial charge is 0.493 e. The third-order valence-electron chi connectivity index (χ3n) is 3.10. The van der Waals surface area contributed by atoms with Crippen molar-refractivity contribution in [2.45, 2.75) is 6.92 Å². The topological polar surface area (TPSA) is 56.8 Å². The molecule has 2 aromatic rings. The van der Waals surface area contributed by atoms with Crippen molar-refractivity contribution in [3.05, 3.63) is 47.8 Å². The second-order valence-corrected chi connectivity index (χ2v) is 4.82. The van der Waals surface area contributed by atoms with Crippen molar-refractivity contribution in [3.63, 3.8) is 0 Å². The van der Waals surface area contributed by atoms with Crippen molar-refractivity contribution in [2.24, 2.45) is 0 Å². The maximum absolute atomic E-state index is 13.5. The number of carbonyl (C=O) groups is 1. The Morgan fingerprint density at radius 1 is 1.13 bits per heavy atom. The molecule has 2 rings (SSSR count). The van der Waals surface area contributed by atoms with Crippen LogP contribution in [0.25, 0.3) is 0 Å². The molecule has 0 bridgehead atoms. The number of hydrogen-bond acceptors (Lipinski definition) is 4. The van der Waals surface area contributed by atoms with E-state index in [1.807, 2.05) is 6.92 Å². The summed E-state index contributed by atoms with van der Waals surface area (Å²) in [7, 11) is 3.00. The number of halogens is 1. The van der Waals surface area contributed by atoms with E-state index in [0.29, 0.717) is 17.2 Å². The standard InChI is InChI=1S/C17H18FNO4/c1-11-8-14(21-2)17(15(9-11)22-3)23-10-16(20)19-13-7-5-4-6-12(13)18/h4-9H,10H2,1-3H3,(H,19,20). The molecule has 0 aliphatic heterocycles. The average molecular weight is 319 g/mol. The maximum atomic E-state index is 13.5. The summed E-state index contributed by atoms with van der Waals surface area (Å²) in [5.74, 6) is 0.247. The zero-order chi connectivity index (χ0) is 16.8. The van der Waals surface area contributed by atoms with Crippen LogP contribution in [0.4, 0.5) is 10.1 Å². The number of hydrogen-bond donors (Lipinski definition) is 1. The molecule has 0 fully saturated rings. The van der Waals surface area contributed by atoms with E-state index in [2.05, 4.69) is 5.32 Å². The van der Waals surface area contributed by atoms with Gasteiger partial charge in [-0.1, -0.05) is 12.1 Å². The minimum absolute atomic E-state index is 0.101. The van der Waals surface area contributed by atoms with Crippen LogP contribution in [0, 0.1) is 12.7 Å². The highest BCUT2D eigenvalue weighted by Crippen LogP contribution is 2.38. The highest BCUT2D eigenvalue weighted by atomic mass is 19.1. The van der Waals surface area contributed by atoms with Gasteiger partial charge in [-0.15, -0.1) is 0 Å². The molecule has 23 heavy (non-hydrogen) atoms. The highest BCUT2D eigenvalue weighted by molar-refractivity contribution is 5.92. The van der Waals surface area contributed by atoms with E-state index in [4.69, 9.17) is 14.2 Å². The Morgan fingerprint density at radius 3 is 2.30 bits per heavy atom. The zero-order valence-electron chi connectivity index (χ0n) is 13.2. The van der Waals surface area contributed by atoms with Gasteiger partial charge in [-0.05, 0) is 36.8 Å². The van der Waals surface area contributed by atoms with E-state index in [9.17, 15) is 9.18 Å². The van der Waals surface area contributed by atoms with Gasteiger partial charge in [0.1, 0.15) is 5.82 Å². The number of anilines is 1. The summed E-state index contributed by atoms with van der Waals surface area (Å²) in [6.07, 6.45) is 0. The van der Waals surface area contributed by atoms with Crippen LogP contribution in [-0.4, -0.2) is 26.7 Å². The summed E-state index contributed by atoms with van der Waals surface area (Å²) >= 11 is 0. The maximum Gasteiger partial charge on any atom is 0.262 e. The van der Waals surface area contributed by atoms with Gasteiger partial charge in [0.05, 0.1) is 19.9 Å². The van der Waals surface area contributed by atoms with Crippen molar-refractivity contribution >= 4 is 11.6 Å². The number of carbonyl (C=O) groups excluding carboxylic acids is 1. The normalized spacial score (nSPS) is 10.1. The Morgan fingerprint density at radius 2 is 1.74 bits per heavy atom. The van der Waals surface area contributed by atoms with Gasteiger partial charge in [0, 0.05) is 0 Å². The van der Waals surface area contributed by atoms with Crippen molar-refractivity contribution in [3.8, 4) is 17.2 Å². The Hall–Kier alpha value is -2.76. The SMILES string of the molecule is COc1cc(C)cc(OC)c1OCC(=O)Nc1ccccc1F. The molecule has 122 valence electrons.